The summed E-state index contributed by atoms with van der Waals surface area (Å²) in [5, 5.41) is 26.2. The van der Waals surface area contributed by atoms with E-state index < -0.39 is 42.0 Å². The van der Waals surface area contributed by atoms with Crippen molar-refractivity contribution in [2.75, 3.05) is 0 Å². The number of rotatable bonds is 6. The molecule has 0 aromatic carbocycles. The maximum absolute atomic E-state index is 11.4. The van der Waals surface area contributed by atoms with Crippen molar-refractivity contribution >= 4 is 24.2 Å². The zero-order valence-electron chi connectivity index (χ0n) is 12.3. The Bertz CT molecular complexity index is 455. The first-order valence-electron chi connectivity index (χ1n) is 6.11. The molecule has 0 aromatic rings. The van der Waals surface area contributed by atoms with Crippen LogP contribution in [0.1, 0.15) is 13.8 Å². The Kier molecular flexibility index (Phi) is 7.34. The van der Waals surface area contributed by atoms with Crippen LogP contribution in [0, 0.1) is 0 Å². The second kappa shape index (κ2) is 8.44. The average Bonchev–Trinajstić information content (AvgIpc) is 2.44. The van der Waals surface area contributed by atoms with Gasteiger partial charge in [0.2, 0.25) is 0 Å². The highest BCUT2D eigenvalue weighted by Crippen LogP contribution is 2.15. The normalized spacial score (nSPS) is 14.0. The lowest BCUT2D eigenvalue weighted by Gasteiger charge is -2.41. The molecule has 0 aromatic heterocycles. The quantitative estimate of drug-likeness (QED) is 0.106. The van der Waals surface area contributed by atoms with E-state index in [-0.39, 0.29) is 0 Å². The third kappa shape index (κ3) is 6.10. The molecule has 0 aliphatic carbocycles. The summed E-state index contributed by atoms with van der Waals surface area (Å²) in [6.45, 7) is 2.57. The highest BCUT2D eigenvalue weighted by Gasteiger charge is 2.43. The molecule has 0 bridgehead atoms. The van der Waals surface area contributed by atoms with Crippen LogP contribution in [0.15, 0.2) is 0 Å². The molecule has 0 radical (unpaired) electrons. The number of urea groups is 2. The number of nitrogens with one attached hydrogen (secondary N) is 6. The molecule has 2 unspecified atom stereocenters. The van der Waals surface area contributed by atoms with Crippen molar-refractivity contribution < 1.29 is 29.4 Å². The molecule has 0 aliphatic rings. The summed E-state index contributed by atoms with van der Waals surface area (Å²) >= 11 is 0. The third-order valence-electron chi connectivity index (χ3n) is 3.03. The van der Waals surface area contributed by atoms with Gasteiger partial charge in [-0.05, 0) is 13.8 Å². The van der Waals surface area contributed by atoms with Gasteiger partial charge in [0.25, 0.3) is 0 Å². The van der Waals surface area contributed by atoms with E-state index in [0.717, 1.165) is 0 Å². The van der Waals surface area contributed by atoms with Crippen LogP contribution in [0.3, 0.4) is 0 Å². The van der Waals surface area contributed by atoms with E-state index >= 15 is 0 Å². The molecule has 6 amide bonds. The Morgan fingerprint density at radius 2 is 1.35 bits per heavy atom. The largest absolute Gasteiger partial charge is 0.465 e. The number of amides is 6. The summed E-state index contributed by atoms with van der Waals surface area (Å²) in [7, 11) is 0. The first kappa shape index (κ1) is 20.0. The van der Waals surface area contributed by atoms with E-state index in [1.165, 1.54) is 13.8 Å². The zero-order valence-corrected chi connectivity index (χ0v) is 12.3. The lowest BCUT2D eigenvalue weighted by Crippen LogP contribution is -2.74. The van der Waals surface area contributed by atoms with Crippen molar-refractivity contribution in [3.8, 4) is 0 Å². The summed E-state index contributed by atoms with van der Waals surface area (Å²) in [4.78, 5) is 44.6. The van der Waals surface area contributed by atoms with E-state index in [0.29, 0.717) is 0 Å². The van der Waals surface area contributed by atoms with Crippen LogP contribution in [0.25, 0.3) is 0 Å². The van der Waals surface area contributed by atoms with E-state index in [4.69, 9.17) is 21.9 Å². The molecule has 132 valence electrons. The smallest absolute Gasteiger partial charge is 0.405 e. The zero-order chi connectivity index (χ0) is 18.2. The summed E-state index contributed by atoms with van der Waals surface area (Å²) in [6, 6.07) is -3.02. The molecule has 0 saturated carbocycles. The molecule has 0 fully saturated rings. The van der Waals surface area contributed by atoms with Crippen molar-refractivity contribution in [2.24, 2.45) is 11.7 Å². The van der Waals surface area contributed by atoms with Crippen LogP contribution in [0.5, 0.6) is 0 Å². The standard InChI is InChI=1S/C9H20N8O6/c1-3(12-7(20)21)9(2,15-8(22)23)4(13-5(18)16-10)14-6(19)17-11/h3-4,12,15H,10-11H2,1-2H3,(H,20,21)(H,22,23)(H2,13,16,18)(H2,14,17,19). The Labute approximate surface area is 130 Å². The fraction of sp³-hybridized carbons (Fsp3) is 0.556. The molecule has 0 rings (SSSR count). The second-order valence-electron chi connectivity index (χ2n) is 4.55. The van der Waals surface area contributed by atoms with Gasteiger partial charge >= 0.3 is 24.2 Å². The number of nitrogens with two attached hydrogens (primary N) is 2. The number of carbonyl (C=O) groups excluding carboxylic acids is 2. The Morgan fingerprint density at radius 3 is 1.65 bits per heavy atom. The fourth-order valence-electron chi connectivity index (χ4n) is 1.68. The number of hydrogen-bond acceptors (Lipinski definition) is 6. The molecule has 0 spiro atoms. The van der Waals surface area contributed by atoms with Gasteiger partial charge in [0.05, 0.1) is 11.6 Å². The van der Waals surface area contributed by atoms with Crippen molar-refractivity contribution in [2.45, 2.75) is 31.6 Å². The molecule has 12 N–H and O–H groups in total. The Balaban J connectivity index is 5.65. The topological polar surface area (TPSA) is 233 Å². The van der Waals surface area contributed by atoms with Crippen LogP contribution < -0.4 is 43.8 Å². The van der Waals surface area contributed by atoms with Crippen LogP contribution in [-0.2, 0) is 0 Å². The lowest BCUT2D eigenvalue weighted by molar-refractivity contribution is 0.134. The predicted molar refractivity (Wildman–Crippen MR) is 75.7 cm³/mol. The van der Waals surface area contributed by atoms with Gasteiger partial charge in [0, 0.05) is 0 Å². The van der Waals surface area contributed by atoms with Crippen LogP contribution in [0.2, 0.25) is 0 Å². The second-order valence-corrected chi connectivity index (χ2v) is 4.55. The van der Waals surface area contributed by atoms with Crippen LogP contribution in [0.4, 0.5) is 19.2 Å². The SMILES string of the molecule is CC(NC(=O)O)C(C)(NC(=O)O)C(NC(=O)NN)NC(=O)NN. The van der Waals surface area contributed by atoms with Gasteiger partial charge in [0.1, 0.15) is 6.17 Å². The highest BCUT2D eigenvalue weighted by molar-refractivity contribution is 5.77. The molecule has 0 aliphatic heterocycles. The maximum Gasteiger partial charge on any atom is 0.405 e. The van der Waals surface area contributed by atoms with E-state index in [1.807, 2.05) is 10.6 Å². The molecule has 14 nitrogen and oxygen atoms in total. The molecule has 0 heterocycles. The van der Waals surface area contributed by atoms with Crippen molar-refractivity contribution in [1.29, 1.82) is 0 Å². The molecule has 23 heavy (non-hydrogen) atoms. The van der Waals surface area contributed by atoms with Crippen molar-refractivity contribution in [3.05, 3.63) is 0 Å². The van der Waals surface area contributed by atoms with Gasteiger partial charge < -0.3 is 31.5 Å². The number of hydrazine groups is 2. The molecule has 0 saturated heterocycles. The minimum atomic E-state index is -1.71. The van der Waals surface area contributed by atoms with Crippen LogP contribution in [-0.4, -0.2) is 52.2 Å². The van der Waals surface area contributed by atoms with E-state index in [2.05, 4.69) is 10.6 Å². The first-order valence-corrected chi connectivity index (χ1v) is 6.11. The summed E-state index contributed by atoms with van der Waals surface area (Å²) in [6.07, 6.45) is -4.39. The molecular formula is C9H20N8O6. The molecule has 2 atom stereocenters. The summed E-state index contributed by atoms with van der Waals surface area (Å²) in [5.41, 5.74) is 1.75. The minimum Gasteiger partial charge on any atom is -0.465 e. The van der Waals surface area contributed by atoms with Gasteiger partial charge in [0.15, 0.2) is 0 Å². The third-order valence-corrected chi connectivity index (χ3v) is 3.03. The minimum absolute atomic E-state index is 0.965. The molecule has 14 heteroatoms. The number of hydrogen-bond donors (Lipinski definition) is 10. The number of carbonyl (C=O) groups is 4. The van der Waals surface area contributed by atoms with Gasteiger partial charge in [-0.2, -0.15) is 0 Å². The fourth-order valence-corrected chi connectivity index (χ4v) is 1.68. The average molecular weight is 336 g/mol. The van der Waals surface area contributed by atoms with E-state index in [1.54, 1.807) is 10.9 Å². The van der Waals surface area contributed by atoms with Gasteiger partial charge in [-0.1, -0.05) is 0 Å². The first-order chi connectivity index (χ1) is 10.6. The lowest BCUT2D eigenvalue weighted by atomic mass is 9.89. The van der Waals surface area contributed by atoms with Crippen LogP contribution >= 0.6 is 0 Å². The number of carboxylic acid groups (broad SMARTS) is 2. The Morgan fingerprint density at radius 1 is 0.913 bits per heavy atom. The summed E-state index contributed by atoms with van der Waals surface area (Å²) in [5.74, 6) is 9.85. The van der Waals surface area contributed by atoms with Gasteiger partial charge in [-0.25, -0.2) is 30.9 Å². The van der Waals surface area contributed by atoms with E-state index in [9.17, 15) is 19.2 Å². The predicted octanol–water partition coefficient (Wildman–Crippen LogP) is -2.66. The maximum atomic E-state index is 11.4. The monoisotopic (exact) mass is 336 g/mol. The molecular weight excluding hydrogens is 316 g/mol. The van der Waals surface area contributed by atoms with Gasteiger partial charge in [-0.15, -0.1) is 0 Å². The van der Waals surface area contributed by atoms with Gasteiger partial charge in [-0.3, -0.25) is 10.9 Å². The summed E-state index contributed by atoms with van der Waals surface area (Å²) < 4.78 is 0. The Hall–Kier alpha value is -3.00. The van der Waals surface area contributed by atoms with Crippen molar-refractivity contribution in [1.82, 2.24) is 32.1 Å². The highest BCUT2D eigenvalue weighted by atomic mass is 16.4. The van der Waals surface area contributed by atoms with Crippen molar-refractivity contribution in [3.63, 3.8) is 0 Å².